The number of primary amides is 1. The topological polar surface area (TPSA) is 137 Å². The fourth-order valence-corrected chi connectivity index (χ4v) is 1.08. The van der Waals surface area contributed by atoms with E-state index in [0.29, 0.717) is 0 Å². The molecule has 1 fully saturated rings. The van der Waals surface area contributed by atoms with Crippen molar-refractivity contribution in [3.05, 3.63) is 0 Å². The molecular weight excluding hydrogens is 194 g/mol. The highest BCUT2D eigenvalue weighted by Gasteiger charge is 2.37. The van der Waals surface area contributed by atoms with Gasteiger partial charge in [0.05, 0.1) is 6.61 Å². The molecule has 0 aromatic heterocycles. The molecule has 1 aliphatic heterocycles. The highest BCUT2D eigenvalue weighted by molar-refractivity contribution is 5.70. The number of carbonyl (C=O) groups excluding carboxylic acids is 1. The molecule has 1 aliphatic rings. The summed E-state index contributed by atoms with van der Waals surface area (Å²) in [6.07, 6.45) is -4.81. The van der Waals surface area contributed by atoms with Crippen LogP contribution < -0.4 is 16.6 Å². The van der Waals surface area contributed by atoms with Crippen LogP contribution in [0, 0.1) is 0 Å². The Morgan fingerprint density at radius 3 is 2.57 bits per heavy atom. The van der Waals surface area contributed by atoms with Gasteiger partial charge in [-0.25, -0.2) is 10.2 Å². The van der Waals surface area contributed by atoms with Crippen LogP contribution in [0.25, 0.3) is 0 Å². The second kappa shape index (κ2) is 4.53. The summed E-state index contributed by atoms with van der Waals surface area (Å²) in [7, 11) is 0. The van der Waals surface area contributed by atoms with Crippen molar-refractivity contribution in [2.75, 3.05) is 6.61 Å². The average molecular weight is 207 g/mol. The second-order valence-electron chi connectivity index (χ2n) is 2.94. The average Bonchev–Trinajstić information content (AvgIpc) is 2.13. The van der Waals surface area contributed by atoms with Crippen LogP contribution in [0.3, 0.4) is 0 Å². The Kier molecular flexibility index (Phi) is 3.61. The minimum atomic E-state index is -1.34. The van der Waals surface area contributed by atoms with Crippen molar-refractivity contribution >= 4 is 6.03 Å². The Bertz CT molecular complexity index is 214. The van der Waals surface area contributed by atoms with Crippen LogP contribution in [0.4, 0.5) is 4.79 Å². The maximum atomic E-state index is 10.3. The predicted molar refractivity (Wildman–Crippen MR) is 43.6 cm³/mol. The minimum Gasteiger partial charge on any atom is -0.388 e. The van der Waals surface area contributed by atoms with E-state index < -0.39 is 30.6 Å². The molecular formula is C6H13N3O5. The van der Waals surface area contributed by atoms with E-state index in [2.05, 4.69) is 5.43 Å². The van der Waals surface area contributed by atoms with Crippen molar-refractivity contribution in [3.8, 4) is 0 Å². The van der Waals surface area contributed by atoms with Crippen LogP contribution in [0.15, 0.2) is 0 Å². The third-order valence-electron chi connectivity index (χ3n) is 1.84. The molecule has 1 heterocycles. The molecule has 7 N–H and O–H groups in total. The zero-order valence-corrected chi connectivity index (χ0v) is 7.25. The van der Waals surface area contributed by atoms with Gasteiger partial charge in [0.25, 0.3) is 0 Å². The summed E-state index contributed by atoms with van der Waals surface area (Å²) in [4.78, 5) is 10.3. The lowest BCUT2D eigenvalue weighted by atomic mass is 10.1. The van der Waals surface area contributed by atoms with Gasteiger partial charge in [-0.3, -0.25) is 5.43 Å². The molecule has 0 saturated carbocycles. The minimum absolute atomic E-state index is 0.143. The molecule has 8 heteroatoms. The first-order valence-corrected chi connectivity index (χ1v) is 3.99. The van der Waals surface area contributed by atoms with Crippen LogP contribution in [0.1, 0.15) is 0 Å². The molecule has 82 valence electrons. The number of aliphatic hydroxyl groups is 3. The molecule has 0 bridgehead atoms. The quantitative estimate of drug-likeness (QED) is 0.261. The number of ether oxygens (including phenoxy) is 1. The molecule has 0 spiro atoms. The highest BCUT2D eigenvalue weighted by Crippen LogP contribution is 2.12. The first-order valence-electron chi connectivity index (χ1n) is 3.99. The van der Waals surface area contributed by atoms with Gasteiger partial charge in [0, 0.05) is 0 Å². The molecule has 1 saturated heterocycles. The van der Waals surface area contributed by atoms with Crippen LogP contribution in [-0.2, 0) is 4.74 Å². The van der Waals surface area contributed by atoms with E-state index in [1.54, 1.807) is 0 Å². The fourth-order valence-electron chi connectivity index (χ4n) is 1.08. The van der Waals surface area contributed by atoms with Gasteiger partial charge < -0.3 is 25.8 Å². The molecule has 0 aromatic rings. The number of rotatable bonds is 2. The van der Waals surface area contributed by atoms with Gasteiger partial charge in [-0.15, -0.1) is 0 Å². The number of nitrogens with two attached hydrogens (primary N) is 1. The third-order valence-corrected chi connectivity index (χ3v) is 1.84. The van der Waals surface area contributed by atoms with Crippen LogP contribution in [0.2, 0.25) is 0 Å². The Hall–Kier alpha value is -0.930. The fraction of sp³-hybridized carbons (Fsp3) is 0.833. The number of carbonyl (C=O) groups is 1. The zero-order chi connectivity index (χ0) is 10.7. The standard InChI is InChI=1S/C6H13N3O5/c7-6(13)9-8-5-4(12)3(11)2(10)1-14-5/h2-5,8,10-12H,1H2,(H3,7,9,13)/t2-,3+,4-,5-/m1/s1. The lowest BCUT2D eigenvalue weighted by Gasteiger charge is -2.35. The third kappa shape index (κ3) is 2.53. The largest absolute Gasteiger partial charge is 0.388 e. The van der Waals surface area contributed by atoms with Crippen molar-refractivity contribution in [2.24, 2.45) is 5.73 Å². The molecule has 0 unspecified atom stereocenters. The molecule has 4 atom stereocenters. The lowest BCUT2D eigenvalue weighted by Crippen LogP contribution is -2.61. The van der Waals surface area contributed by atoms with Crippen molar-refractivity contribution in [1.82, 2.24) is 10.9 Å². The predicted octanol–water partition coefficient (Wildman–Crippen LogP) is -3.40. The monoisotopic (exact) mass is 207 g/mol. The highest BCUT2D eigenvalue weighted by atomic mass is 16.5. The zero-order valence-electron chi connectivity index (χ0n) is 7.25. The molecule has 0 radical (unpaired) electrons. The van der Waals surface area contributed by atoms with Gasteiger partial charge in [-0.05, 0) is 0 Å². The van der Waals surface area contributed by atoms with E-state index in [1.807, 2.05) is 5.43 Å². The summed E-state index contributed by atoms with van der Waals surface area (Å²) in [6, 6.07) is -0.846. The molecule has 8 nitrogen and oxygen atoms in total. The number of urea groups is 1. The summed E-state index contributed by atoms with van der Waals surface area (Å²) < 4.78 is 4.88. The van der Waals surface area contributed by atoms with E-state index in [1.165, 1.54) is 0 Å². The van der Waals surface area contributed by atoms with Crippen LogP contribution in [0.5, 0.6) is 0 Å². The molecule has 1 rings (SSSR count). The molecule has 0 aromatic carbocycles. The van der Waals surface area contributed by atoms with Crippen molar-refractivity contribution in [1.29, 1.82) is 0 Å². The summed E-state index contributed by atoms with van der Waals surface area (Å²) in [5.41, 5.74) is 9.00. The molecule has 0 aliphatic carbocycles. The van der Waals surface area contributed by atoms with Crippen LogP contribution in [-0.4, -0.2) is 52.5 Å². The van der Waals surface area contributed by atoms with E-state index in [9.17, 15) is 15.0 Å². The van der Waals surface area contributed by atoms with E-state index in [0.717, 1.165) is 0 Å². The lowest BCUT2D eigenvalue weighted by molar-refractivity contribution is -0.197. The van der Waals surface area contributed by atoms with Gasteiger partial charge in [0.1, 0.15) is 18.3 Å². The number of nitrogens with one attached hydrogen (secondary N) is 2. The first-order chi connectivity index (χ1) is 6.52. The van der Waals surface area contributed by atoms with E-state index >= 15 is 0 Å². The number of hydrogen-bond donors (Lipinski definition) is 6. The van der Waals surface area contributed by atoms with E-state index in [-0.39, 0.29) is 6.61 Å². The Balaban J connectivity index is 2.42. The Labute approximate surface area is 79.6 Å². The maximum Gasteiger partial charge on any atom is 0.326 e. The van der Waals surface area contributed by atoms with Crippen LogP contribution >= 0.6 is 0 Å². The van der Waals surface area contributed by atoms with E-state index in [4.69, 9.17) is 15.6 Å². The van der Waals surface area contributed by atoms with Gasteiger partial charge in [-0.1, -0.05) is 0 Å². The SMILES string of the molecule is NC(=O)NN[C@@H]1OC[C@@H](O)[C@H](O)[C@H]1O. The number of hydrazine groups is 1. The van der Waals surface area contributed by atoms with Crippen molar-refractivity contribution in [2.45, 2.75) is 24.5 Å². The van der Waals surface area contributed by atoms with Crippen molar-refractivity contribution < 1.29 is 24.9 Å². The van der Waals surface area contributed by atoms with Gasteiger partial charge in [-0.2, -0.15) is 0 Å². The normalized spacial score (nSPS) is 37.9. The smallest absolute Gasteiger partial charge is 0.326 e. The van der Waals surface area contributed by atoms with Gasteiger partial charge >= 0.3 is 6.03 Å². The maximum absolute atomic E-state index is 10.3. The summed E-state index contributed by atoms with van der Waals surface area (Å²) in [6.45, 7) is -0.143. The molecule has 14 heavy (non-hydrogen) atoms. The summed E-state index contributed by atoms with van der Waals surface area (Å²) in [5.74, 6) is 0. The number of hydrogen-bond acceptors (Lipinski definition) is 6. The first kappa shape index (κ1) is 11.1. The number of amides is 2. The summed E-state index contributed by atoms with van der Waals surface area (Å²) >= 11 is 0. The van der Waals surface area contributed by atoms with Crippen molar-refractivity contribution in [3.63, 3.8) is 0 Å². The number of aliphatic hydroxyl groups excluding tert-OH is 3. The van der Waals surface area contributed by atoms with Gasteiger partial charge in [0.2, 0.25) is 0 Å². The van der Waals surface area contributed by atoms with Gasteiger partial charge in [0.15, 0.2) is 6.23 Å². The molecule has 2 amide bonds. The Morgan fingerprint density at radius 2 is 2.00 bits per heavy atom. The Morgan fingerprint density at radius 1 is 1.36 bits per heavy atom. The second-order valence-corrected chi connectivity index (χ2v) is 2.94. The summed E-state index contributed by atoms with van der Waals surface area (Å²) in [5, 5.41) is 27.6.